The molecular weight excluding hydrogens is 224 g/mol. The number of aromatic amines is 1. The maximum absolute atomic E-state index is 4.81. The molecule has 0 aliphatic heterocycles. The van der Waals surface area contributed by atoms with Gasteiger partial charge in [0.2, 0.25) is 0 Å². The van der Waals surface area contributed by atoms with Gasteiger partial charge in [-0.3, -0.25) is 0 Å². The predicted octanol–water partition coefficient (Wildman–Crippen LogP) is 3.19. The van der Waals surface area contributed by atoms with Crippen LogP contribution in [0.15, 0.2) is 6.33 Å². The van der Waals surface area contributed by atoms with E-state index >= 15 is 0 Å². The summed E-state index contributed by atoms with van der Waals surface area (Å²) < 4.78 is 2.21. The Morgan fingerprint density at radius 1 is 1.17 bits per heavy atom. The molecule has 0 radical (unpaired) electrons. The summed E-state index contributed by atoms with van der Waals surface area (Å²) in [6, 6.07) is 0. The van der Waals surface area contributed by atoms with Gasteiger partial charge in [-0.15, -0.1) is 0 Å². The zero-order valence-corrected chi connectivity index (χ0v) is 11.5. The molecule has 2 aromatic heterocycles. The second kappa shape index (κ2) is 3.57. The average Bonchev–Trinajstić information content (AvgIpc) is 2.90. The molecule has 0 amide bonds. The fourth-order valence-corrected chi connectivity index (χ4v) is 2.82. The Bertz CT molecular complexity index is 746. The molecule has 2 heterocycles. The van der Waals surface area contributed by atoms with Crippen LogP contribution in [0.5, 0.6) is 0 Å². The molecule has 4 nitrogen and oxygen atoms in total. The summed E-state index contributed by atoms with van der Waals surface area (Å²) in [5.74, 6) is 1.55. The van der Waals surface area contributed by atoms with Gasteiger partial charge < -0.3 is 9.55 Å². The Kier molecular flexibility index (Phi) is 2.24. The van der Waals surface area contributed by atoms with Gasteiger partial charge in [-0.2, -0.15) is 0 Å². The first-order valence-corrected chi connectivity index (χ1v) is 6.31. The van der Waals surface area contributed by atoms with Crippen molar-refractivity contribution in [2.45, 2.75) is 33.6 Å². The standard InChI is InChI=1S/C14H18N4/c1-7(2)14-17-12-8(3)10-11(16-6-15-10)9(4)13(12)18(14)5/h6-7H,1-5H3,(H,15,16). The minimum atomic E-state index is 0.424. The first kappa shape index (κ1) is 11.3. The zero-order valence-electron chi connectivity index (χ0n) is 11.5. The third-order valence-electron chi connectivity index (χ3n) is 3.73. The summed E-state index contributed by atoms with van der Waals surface area (Å²) in [6.07, 6.45) is 1.76. The number of hydrogen-bond acceptors (Lipinski definition) is 2. The van der Waals surface area contributed by atoms with Gasteiger partial charge in [0.25, 0.3) is 0 Å². The van der Waals surface area contributed by atoms with Gasteiger partial charge in [-0.1, -0.05) is 13.8 Å². The summed E-state index contributed by atoms with van der Waals surface area (Å²) in [5, 5.41) is 0. The van der Waals surface area contributed by atoms with E-state index in [-0.39, 0.29) is 0 Å². The van der Waals surface area contributed by atoms with Crippen LogP contribution in [0.3, 0.4) is 0 Å². The molecular formula is C14H18N4. The lowest BCUT2D eigenvalue weighted by Crippen LogP contribution is -2.00. The fourth-order valence-electron chi connectivity index (χ4n) is 2.82. The number of fused-ring (bicyclic) bond motifs is 2. The minimum absolute atomic E-state index is 0.424. The van der Waals surface area contributed by atoms with Gasteiger partial charge in [0.05, 0.1) is 28.4 Å². The summed E-state index contributed by atoms with van der Waals surface area (Å²) in [7, 11) is 2.10. The molecule has 4 heteroatoms. The third kappa shape index (κ3) is 1.26. The maximum atomic E-state index is 4.81. The van der Waals surface area contributed by atoms with Gasteiger partial charge in [0, 0.05) is 24.1 Å². The highest BCUT2D eigenvalue weighted by molar-refractivity contribution is 5.99. The Hall–Kier alpha value is -1.84. The SMILES string of the molecule is Cc1c2nc[nH]c2c(C)c2c1nc(C(C)C)n2C. The van der Waals surface area contributed by atoms with E-state index in [9.17, 15) is 0 Å². The summed E-state index contributed by atoms with van der Waals surface area (Å²) in [4.78, 5) is 12.5. The van der Waals surface area contributed by atoms with Gasteiger partial charge in [-0.05, 0) is 13.8 Å². The van der Waals surface area contributed by atoms with Crippen LogP contribution in [-0.2, 0) is 7.05 Å². The molecule has 3 aromatic rings. The summed E-state index contributed by atoms with van der Waals surface area (Å²) >= 11 is 0. The second-order valence-corrected chi connectivity index (χ2v) is 5.26. The van der Waals surface area contributed by atoms with Gasteiger partial charge in [0.15, 0.2) is 0 Å². The Balaban J connectivity index is 2.56. The summed E-state index contributed by atoms with van der Waals surface area (Å²) in [6.45, 7) is 8.59. The molecule has 0 fully saturated rings. The molecule has 0 atom stereocenters. The van der Waals surface area contributed by atoms with Crippen LogP contribution < -0.4 is 0 Å². The lowest BCUT2D eigenvalue weighted by molar-refractivity contribution is 0.722. The lowest BCUT2D eigenvalue weighted by Gasteiger charge is -2.07. The number of H-pyrrole nitrogens is 1. The lowest BCUT2D eigenvalue weighted by atomic mass is 10.1. The number of nitrogens with zero attached hydrogens (tertiary/aromatic N) is 3. The molecule has 0 bridgehead atoms. The third-order valence-corrected chi connectivity index (χ3v) is 3.73. The van der Waals surface area contributed by atoms with Crippen LogP contribution in [-0.4, -0.2) is 19.5 Å². The molecule has 1 aromatic carbocycles. The van der Waals surface area contributed by atoms with Gasteiger partial charge in [0.1, 0.15) is 5.82 Å². The number of hydrogen-bond donors (Lipinski definition) is 1. The van der Waals surface area contributed by atoms with Crippen molar-refractivity contribution in [3.8, 4) is 0 Å². The highest BCUT2D eigenvalue weighted by Crippen LogP contribution is 2.31. The normalized spacial score (nSPS) is 12.1. The van der Waals surface area contributed by atoms with Crippen molar-refractivity contribution >= 4 is 22.1 Å². The molecule has 94 valence electrons. The van der Waals surface area contributed by atoms with Crippen LogP contribution >= 0.6 is 0 Å². The average molecular weight is 242 g/mol. The largest absolute Gasteiger partial charge is 0.344 e. The smallest absolute Gasteiger partial charge is 0.112 e. The Morgan fingerprint density at radius 2 is 1.89 bits per heavy atom. The minimum Gasteiger partial charge on any atom is -0.344 e. The van der Waals surface area contributed by atoms with Crippen LogP contribution in [0.2, 0.25) is 0 Å². The van der Waals surface area contributed by atoms with Crippen molar-refractivity contribution < 1.29 is 0 Å². The molecule has 0 saturated heterocycles. The van der Waals surface area contributed by atoms with E-state index in [1.807, 2.05) is 0 Å². The van der Waals surface area contributed by atoms with E-state index in [4.69, 9.17) is 4.98 Å². The van der Waals surface area contributed by atoms with E-state index < -0.39 is 0 Å². The number of benzene rings is 1. The quantitative estimate of drug-likeness (QED) is 0.712. The van der Waals surface area contributed by atoms with E-state index in [1.54, 1.807) is 6.33 Å². The van der Waals surface area contributed by atoms with Crippen molar-refractivity contribution in [2.75, 3.05) is 0 Å². The molecule has 0 unspecified atom stereocenters. The van der Waals surface area contributed by atoms with Crippen molar-refractivity contribution in [3.05, 3.63) is 23.3 Å². The number of rotatable bonds is 1. The first-order chi connectivity index (χ1) is 8.52. The number of nitrogens with one attached hydrogen (secondary N) is 1. The zero-order chi connectivity index (χ0) is 13.0. The molecule has 0 spiro atoms. The van der Waals surface area contributed by atoms with Crippen molar-refractivity contribution in [1.82, 2.24) is 19.5 Å². The monoisotopic (exact) mass is 242 g/mol. The van der Waals surface area contributed by atoms with Crippen molar-refractivity contribution in [1.29, 1.82) is 0 Å². The molecule has 18 heavy (non-hydrogen) atoms. The van der Waals surface area contributed by atoms with E-state index in [0.717, 1.165) is 27.9 Å². The molecule has 3 rings (SSSR count). The van der Waals surface area contributed by atoms with E-state index in [0.29, 0.717) is 5.92 Å². The Morgan fingerprint density at radius 3 is 2.56 bits per heavy atom. The second-order valence-electron chi connectivity index (χ2n) is 5.26. The van der Waals surface area contributed by atoms with Crippen LogP contribution in [0.25, 0.3) is 22.1 Å². The topological polar surface area (TPSA) is 46.5 Å². The molecule has 0 aliphatic carbocycles. The fraction of sp³-hybridized carbons (Fsp3) is 0.429. The van der Waals surface area contributed by atoms with Gasteiger partial charge >= 0.3 is 0 Å². The molecule has 0 saturated carbocycles. The van der Waals surface area contributed by atoms with Crippen LogP contribution in [0, 0.1) is 13.8 Å². The highest BCUT2D eigenvalue weighted by Gasteiger charge is 2.18. The van der Waals surface area contributed by atoms with E-state index in [1.165, 1.54) is 11.1 Å². The Labute approximate surface area is 106 Å². The maximum Gasteiger partial charge on any atom is 0.112 e. The van der Waals surface area contributed by atoms with Gasteiger partial charge in [-0.25, -0.2) is 9.97 Å². The molecule has 0 aliphatic rings. The van der Waals surface area contributed by atoms with Crippen LogP contribution in [0.1, 0.15) is 36.7 Å². The highest BCUT2D eigenvalue weighted by atomic mass is 15.1. The van der Waals surface area contributed by atoms with Crippen LogP contribution in [0.4, 0.5) is 0 Å². The first-order valence-electron chi connectivity index (χ1n) is 6.31. The number of aromatic nitrogens is 4. The van der Waals surface area contributed by atoms with Crippen molar-refractivity contribution in [2.24, 2.45) is 7.05 Å². The van der Waals surface area contributed by atoms with E-state index in [2.05, 4.69) is 49.3 Å². The number of imidazole rings is 2. The predicted molar refractivity (Wildman–Crippen MR) is 73.9 cm³/mol. The summed E-state index contributed by atoms with van der Waals surface area (Å²) in [5.41, 5.74) is 6.84. The molecule has 1 N–H and O–H groups in total. The number of aryl methyl sites for hydroxylation is 3. The van der Waals surface area contributed by atoms with Crippen molar-refractivity contribution in [3.63, 3.8) is 0 Å².